The minimum absolute atomic E-state index is 0.0613. The molecule has 2 aromatic carbocycles. The minimum Gasteiger partial charge on any atom is -0.497 e. The van der Waals surface area contributed by atoms with E-state index in [0.29, 0.717) is 18.7 Å². The number of hydrogen-bond acceptors (Lipinski definition) is 4. The van der Waals surface area contributed by atoms with Crippen LogP contribution in [-0.2, 0) is 24.4 Å². The minimum atomic E-state index is 0.0613. The van der Waals surface area contributed by atoms with E-state index in [2.05, 4.69) is 11.1 Å². The van der Waals surface area contributed by atoms with Crippen LogP contribution < -0.4 is 4.74 Å². The number of carbonyl (C=O) groups is 1. The van der Waals surface area contributed by atoms with Crippen LogP contribution in [0.4, 0.5) is 0 Å². The van der Waals surface area contributed by atoms with E-state index >= 15 is 0 Å². The molecule has 0 spiro atoms. The van der Waals surface area contributed by atoms with E-state index in [1.54, 1.807) is 25.4 Å². The summed E-state index contributed by atoms with van der Waals surface area (Å²) in [5, 5.41) is 8.94. The lowest BCUT2D eigenvalue weighted by molar-refractivity contribution is -0.134. The van der Waals surface area contributed by atoms with Crippen LogP contribution in [0.25, 0.3) is 11.3 Å². The van der Waals surface area contributed by atoms with Gasteiger partial charge in [0.05, 0.1) is 37.2 Å². The van der Waals surface area contributed by atoms with Gasteiger partial charge in [0.1, 0.15) is 18.1 Å². The van der Waals surface area contributed by atoms with Gasteiger partial charge in [-0.25, -0.2) is 4.98 Å². The summed E-state index contributed by atoms with van der Waals surface area (Å²) in [5.41, 5.74) is 3.51. The average Bonchev–Trinajstić information content (AvgIpc) is 3.11. The molecule has 0 aliphatic carbocycles. The van der Waals surface area contributed by atoms with Gasteiger partial charge in [-0.2, -0.15) is 5.26 Å². The second kappa shape index (κ2) is 6.96. The zero-order valence-corrected chi connectivity index (χ0v) is 14.9. The molecule has 0 saturated carbocycles. The first-order chi connectivity index (χ1) is 13.2. The number of fused-ring (bicyclic) bond motifs is 1. The third kappa shape index (κ3) is 3.27. The standard InChI is InChI=1S/C21H18N4O2/c1-27-18-8-4-16(5-9-18)12-24-13-20-23-11-19(25(20)14-21(24)26)17-6-2-15(10-22)3-7-17/h2-9,11H,12-14H2,1H3. The highest BCUT2D eigenvalue weighted by Crippen LogP contribution is 2.25. The number of hydrogen-bond donors (Lipinski definition) is 0. The molecule has 4 rings (SSSR count). The van der Waals surface area contributed by atoms with Gasteiger partial charge >= 0.3 is 0 Å². The summed E-state index contributed by atoms with van der Waals surface area (Å²) < 4.78 is 7.13. The van der Waals surface area contributed by atoms with Crippen LogP contribution in [0.3, 0.4) is 0 Å². The monoisotopic (exact) mass is 358 g/mol. The Morgan fingerprint density at radius 2 is 1.85 bits per heavy atom. The van der Waals surface area contributed by atoms with Crippen molar-refractivity contribution in [3.8, 4) is 23.1 Å². The molecule has 1 amide bonds. The molecule has 1 aliphatic heterocycles. The molecule has 27 heavy (non-hydrogen) atoms. The maximum atomic E-state index is 12.7. The number of imidazole rings is 1. The Kier molecular flexibility index (Phi) is 4.35. The quantitative estimate of drug-likeness (QED) is 0.719. The summed E-state index contributed by atoms with van der Waals surface area (Å²) in [7, 11) is 1.63. The Hall–Kier alpha value is -3.59. The maximum Gasteiger partial charge on any atom is 0.243 e. The molecular weight excluding hydrogens is 340 g/mol. The second-order valence-electron chi connectivity index (χ2n) is 6.43. The lowest BCUT2D eigenvalue weighted by Crippen LogP contribution is -2.38. The summed E-state index contributed by atoms with van der Waals surface area (Å²) in [6, 6.07) is 17.2. The molecule has 0 bridgehead atoms. The van der Waals surface area contributed by atoms with Crippen molar-refractivity contribution in [1.29, 1.82) is 5.26 Å². The highest BCUT2D eigenvalue weighted by molar-refractivity contribution is 5.78. The summed E-state index contributed by atoms with van der Waals surface area (Å²) in [4.78, 5) is 19.0. The number of rotatable bonds is 4. The highest BCUT2D eigenvalue weighted by Gasteiger charge is 2.26. The van der Waals surface area contributed by atoms with Gasteiger partial charge in [-0.1, -0.05) is 24.3 Å². The van der Waals surface area contributed by atoms with Crippen molar-refractivity contribution in [3.05, 3.63) is 71.7 Å². The van der Waals surface area contributed by atoms with Gasteiger partial charge < -0.3 is 14.2 Å². The molecule has 6 heteroatoms. The lowest BCUT2D eigenvalue weighted by atomic mass is 10.1. The first-order valence-electron chi connectivity index (χ1n) is 8.63. The van der Waals surface area contributed by atoms with Crippen molar-refractivity contribution < 1.29 is 9.53 Å². The summed E-state index contributed by atoms with van der Waals surface area (Å²) in [5.74, 6) is 1.72. The van der Waals surface area contributed by atoms with Crippen molar-refractivity contribution in [2.45, 2.75) is 19.6 Å². The third-order valence-corrected chi connectivity index (χ3v) is 4.76. The van der Waals surface area contributed by atoms with E-state index in [-0.39, 0.29) is 12.5 Å². The zero-order chi connectivity index (χ0) is 18.8. The third-order valence-electron chi connectivity index (χ3n) is 4.76. The SMILES string of the molecule is COc1ccc(CN2Cc3ncc(-c4ccc(C#N)cc4)n3CC2=O)cc1. The van der Waals surface area contributed by atoms with Crippen LogP contribution in [0, 0.1) is 11.3 Å². The number of methoxy groups -OCH3 is 1. The number of nitriles is 1. The predicted molar refractivity (Wildman–Crippen MR) is 99.6 cm³/mol. The van der Waals surface area contributed by atoms with E-state index in [1.165, 1.54) is 0 Å². The first-order valence-corrected chi connectivity index (χ1v) is 8.63. The van der Waals surface area contributed by atoms with E-state index in [0.717, 1.165) is 28.4 Å². The Bertz CT molecular complexity index is 1010. The fourth-order valence-electron chi connectivity index (χ4n) is 3.25. The maximum absolute atomic E-state index is 12.7. The number of amides is 1. The van der Waals surface area contributed by atoms with Crippen LogP contribution in [0.2, 0.25) is 0 Å². The van der Waals surface area contributed by atoms with Crippen LogP contribution in [-0.4, -0.2) is 27.5 Å². The normalized spacial score (nSPS) is 13.2. The van der Waals surface area contributed by atoms with Gasteiger partial charge in [-0.05, 0) is 35.4 Å². The molecular formula is C21H18N4O2. The van der Waals surface area contributed by atoms with Crippen molar-refractivity contribution in [1.82, 2.24) is 14.5 Å². The average molecular weight is 358 g/mol. The van der Waals surface area contributed by atoms with Crippen LogP contribution in [0.5, 0.6) is 5.75 Å². The molecule has 0 saturated heterocycles. The summed E-state index contributed by atoms with van der Waals surface area (Å²) >= 11 is 0. The molecule has 0 N–H and O–H groups in total. The largest absolute Gasteiger partial charge is 0.497 e. The number of nitrogens with zero attached hydrogens (tertiary/aromatic N) is 4. The van der Waals surface area contributed by atoms with Gasteiger partial charge in [-0.15, -0.1) is 0 Å². The lowest BCUT2D eigenvalue weighted by Gasteiger charge is -2.28. The fraction of sp³-hybridized carbons (Fsp3) is 0.190. The smallest absolute Gasteiger partial charge is 0.243 e. The summed E-state index contributed by atoms with van der Waals surface area (Å²) in [6.45, 7) is 1.28. The molecule has 1 aromatic heterocycles. The molecule has 2 heterocycles. The Labute approximate surface area is 157 Å². The van der Waals surface area contributed by atoms with Gasteiger partial charge in [-0.3, -0.25) is 4.79 Å². The van der Waals surface area contributed by atoms with Gasteiger partial charge in [0.2, 0.25) is 5.91 Å². The fourth-order valence-corrected chi connectivity index (χ4v) is 3.25. The molecule has 0 radical (unpaired) electrons. The molecule has 0 unspecified atom stereocenters. The second-order valence-corrected chi connectivity index (χ2v) is 6.43. The molecule has 0 atom stereocenters. The number of benzene rings is 2. The molecule has 0 fully saturated rings. The van der Waals surface area contributed by atoms with Crippen molar-refractivity contribution >= 4 is 5.91 Å². The van der Waals surface area contributed by atoms with Gasteiger partial charge in [0.15, 0.2) is 0 Å². The number of ether oxygens (including phenoxy) is 1. The van der Waals surface area contributed by atoms with Crippen molar-refractivity contribution in [2.75, 3.05) is 7.11 Å². The summed E-state index contributed by atoms with van der Waals surface area (Å²) in [6.07, 6.45) is 1.79. The van der Waals surface area contributed by atoms with E-state index in [1.807, 2.05) is 45.9 Å². The first kappa shape index (κ1) is 16.9. The number of aromatic nitrogens is 2. The number of carbonyl (C=O) groups excluding carboxylic acids is 1. The van der Waals surface area contributed by atoms with Crippen molar-refractivity contribution in [3.63, 3.8) is 0 Å². The topological polar surface area (TPSA) is 71.2 Å². The predicted octanol–water partition coefficient (Wildman–Crippen LogP) is 2.97. The van der Waals surface area contributed by atoms with Crippen LogP contribution in [0.15, 0.2) is 54.7 Å². The molecule has 1 aliphatic rings. The van der Waals surface area contributed by atoms with E-state index < -0.39 is 0 Å². The molecule has 6 nitrogen and oxygen atoms in total. The zero-order valence-electron chi connectivity index (χ0n) is 14.9. The van der Waals surface area contributed by atoms with E-state index in [9.17, 15) is 4.79 Å². The van der Waals surface area contributed by atoms with Gasteiger partial charge in [0.25, 0.3) is 0 Å². The Morgan fingerprint density at radius 1 is 1.11 bits per heavy atom. The highest BCUT2D eigenvalue weighted by atomic mass is 16.5. The molecule has 134 valence electrons. The van der Waals surface area contributed by atoms with Crippen molar-refractivity contribution in [2.24, 2.45) is 0 Å². The Balaban J connectivity index is 1.55. The molecule has 3 aromatic rings. The van der Waals surface area contributed by atoms with Crippen LogP contribution >= 0.6 is 0 Å². The van der Waals surface area contributed by atoms with E-state index in [4.69, 9.17) is 10.00 Å². The van der Waals surface area contributed by atoms with Gasteiger partial charge in [0, 0.05) is 6.54 Å². The Morgan fingerprint density at radius 3 is 2.52 bits per heavy atom. The van der Waals surface area contributed by atoms with Crippen LogP contribution in [0.1, 0.15) is 17.0 Å².